The van der Waals surface area contributed by atoms with Crippen LogP contribution in [0.3, 0.4) is 0 Å². The molecule has 7 heteroatoms. The van der Waals surface area contributed by atoms with Crippen molar-refractivity contribution >= 4 is 5.82 Å². The lowest BCUT2D eigenvalue weighted by Gasteiger charge is -2.19. The van der Waals surface area contributed by atoms with Gasteiger partial charge in [-0.15, -0.1) is 0 Å². The second kappa shape index (κ2) is 7.74. The van der Waals surface area contributed by atoms with Crippen molar-refractivity contribution in [3.63, 3.8) is 0 Å². The van der Waals surface area contributed by atoms with Crippen molar-refractivity contribution in [1.29, 1.82) is 0 Å². The molecule has 0 amide bonds. The van der Waals surface area contributed by atoms with Crippen LogP contribution in [0.15, 0.2) is 36.7 Å². The van der Waals surface area contributed by atoms with Crippen LogP contribution in [0.2, 0.25) is 0 Å². The average Bonchev–Trinajstić information content (AvgIpc) is 3.09. The summed E-state index contributed by atoms with van der Waals surface area (Å²) in [4.78, 5) is 15.8. The van der Waals surface area contributed by atoms with E-state index in [2.05, 4.69) is 25.3 Å². The summed E-state index contributed by atoms with van der Waals surface area (Å²) < 4.78 is 5.57. The van der Waals surface area contributed by atoms with E-state index in [-0.39, 0.29) is 12.6 Å². The van der Waals surface area contributed by atoms with Gasteiger partial charge in [0.1, 0.15) is 12.1 Å². The Labute approximate surface area is 140 Å². The Morgan fingerprint density at radius 3 is 2.83 bits per heavy atom. The van der Waals surface area contributed by atoms with Crippen molar-refractivity contribution in [3.8, 4) is 17.5 Å². The molecule has 0 saturated heterocycles. The first-order chi connectivity index (χ1) is 11.8. The summed E-state index contributed by atoms with van der Waals surface area (Å²) >= 11 is 0. The summed E-state index contributed by atoms with van der Waals surface area (Å²) in [5.74, 6) is 1.16. The fourth-order valence-corrected chi connectivity index (χ4v) is 2.44. The molecule has 1 atom stereocenters. The number of fused-ring (bicyclic) bond motifs is 1. The number of aromatic amines is 1. The van der Waals surface area contributed by atoms with E-state index in [0.29, 0.717) is 36.4 Å². The van der Waals surface area contributed by atoms with Crippen molar-refractivity contribution < 1.29 is 9.84 Å². The largest absolute Gasteiger partial charge is 0.465 e. The van der Waals surface area contributed by atoms with Gasteiger partial charge in [0.2, 0.25) is 0 Å². The predicted molar refractivity (Wildman–Crippen MR) is 91.2 cm³/mol. The molecule has 1 aromatic rings. The summed E-state index contributed by atoms with van der Waals surface area (Å²) in [6.45, 7) is 2.59. The molecule has 0 radical (unpaired) electrons. The highest BCUT2D eigenvalue weighted by Gasteiger charge is 2.19. The molecule has 1 aromatic carbocycles. The lowest BCUT2D eigenvalue weighted by atomic mass is 10.1. The van der Waals surface area contributed by atoms with E-state index in [1.807, 2.05) is 37.3 Å². The molecule has 24 heavy (non-hydrogen) atoms. The van der Waals surface area contributed by atoms with Crippen LogP contribution in [-0.4, -0.2) is 44.3 Å². The number of anilines is 1. The van der Waals surface area contributed by atoms with E-state index in [1.165, 1.54) is 6.33 Å². The SMILES string of the molecule is CCCOc1nc2ncnc-2c(NC(CO)Cc2ccccc2)[nH]1. The van der Waals surface area contributed by atoms with Crippen molar-refractivity contribution in [2.45, 2.75) is 25.8 Å². The molecule has 7 nitrogen and oxygen atoms in total. The highest BCUT2D eigenvalue weighted by Crippen LogP contribution is 2.26. The van der Waals surface area contributed by atoms with E-state index >= 15 is 0 Å². The topological polar surface area (TPSA) is 96.0 Å². The minimum atomic E-state index is -0.162. The molecule has 0 bridgehead atoms. The summed E-state index contributed by atoms with van der Waals surface area (Å²) in [7, 11) is 0. The number of hydrogen-bond donors (Lipinski definition) is 3. The van der Waals surface area contributed by atoms with Gasteiger partial charge < -0.3 is 15.2 Å². The number of imidazole rings is 1. The van der Waals surface area contributed by atoms with Crippen LogP contribution in [-0.2, 0) is 6.42 Å². The highest BCUT2D eigenvalue weighted by atomic mass is 16.5. The summed E-state index contributed by atoms with van der Waals surface area (Å²) in [6, 6.07) is 10.2. The molecule has 1 unspecified atom stereocenters. The zero-order chi connectivity index (χ0) is 16.8. The Morgan fingerprint density at radius 2 is 2.08 bits per heavy atom. The van der Waals surface area contributed by atoms with Gasteiger partial charge in [0.05, 0.1) is 19.3 Å². The van der Waals surface area contributed by atoms with Gasteiger partial charge in [0.15, 0.2) is 11.5 Å². The Balaban J connectivity index is 1.80. The first-order valence-electron chi connectivity index (χ1n) is 8.05. The van der Waals surface area contributed by atoms with E-state index in [0.717, 1.165) is 12.0 Å². The molecule has 3 rings (SSSR count). The van der Waals surface area contributed by atoms with Crippen LogP contribution in [0.25, 0.3) is 11.5 Å². The van der Waals surface area contributed by atoms with Crippen LogP contribution >= 0.6 is 0 Å². The second-order valence-corrected chi connectivity index (χ2v) is 5.52. The Morgan fingerprint density at radius 1 is 1.25 bits per heavy atom. The van der Waals surface area contributed by atoms with Gasteiger partial charge in [-0.25, -0.2) is 9.97 Å². The maximum absolute atomic E-state index is 9.72. The molecule has 0 saturated carbocycles. The van der Waals surface area contributed by atoms with Gasteiger partial charge in [-0.05, 0) is 18.4 Å². The minimum Gasteiger partial charge on any atom is -0.465 e. The van der Waals surface area contributed by atoms with Crippen LogP contribution in [0.4, 0.5) is 5.82 Å². The van der Waals surface area contributed by atoms with Gasteiger partial charge in [0, 0.05) is 0 Å². The van der Waals surface area contributed by atoms with E-state index in [4.69, 9.17) is 4.74 Å². The monoisotopic (exact) mass is 327 g/mol. The summed E-state index contributed by atoms with van der Waals surface area (Å²) in [6.07, 6.45) is 3.04. The molecular formula is C17H21N5O2. The predicted octanol–water partition coefficient (Wildman–Crippen LogP) is 2.11. The number of aliphatic hydroxyl groups excluding tert-OH is 1. The minimum absolute atomic E-state index is 0.00810. The molecule has 126 valence electrons. The normalized spacial score (nSPS) is 12.2. The standard InChI is InChI=1S/C17H21N5O2/c1-2-8-24-17-21-15-14(18-11-19-15)16(22-17)20-13(10-23)9-12-6-4-3-5-7-12/h3-7,11,13,23H,2,8-10H2,1H3,(H2,18,19,20,21,22). The third-order valence-corrected chi connectivity index (χ3v) is 3.59. The number of ether oxygens (including phenoxy) is 1. The summed E-state index contributed by atoms with van der Waals surface area (Å²) in [5.41, 5.74) is 1.77. The zero-order valence-corrected chi connectivity index (χ0v) is 13.6. The third kappa shape index (κ3) is 3.80. The number of nitrogens with one attached hydrogen (secondary N) is 2. The average molecular weight is 327 g/mol. The van der Waals surface area contributed by atoms with Gasteiger partial charge in [0.25, 0.3) is 6.01 Å². The number of hydrogen-bond acceptors (Lipinski definition) is 6. The Kier molecular flexibility index (Phi) is 5.22. The van der Waals surface area contributed by atoms with Crippen LogP contribution < -0.4 is 10.1 Å². The molecule has 0 aliphatic carbocycles. The second-order valence-electron chi connectivity index (χ2n) is 5.52. The van der Waals surface area contributed by atoms with Crippen LogP contribution in [0.1, 0.15) is 18.9 Å². The fraction of sp³-hybridized carbons (Fsp3) is 0.353. The fourth-order valence-electron chi connectivity index (χ4n) is 2.44. The first kappa shape index (κ1) is 16.2. The quantitative estimate of drug-likeness (QED) is 0.586. The Bertz CT molecular complexity index is 731. The van der Waals surface area contributed by atoms with E-state index in [9.17, 15) is 5.11 Å². The van der Waals surface area contributed by atoms with Crippen molar-refractivity contribution in [1.82, 2.24) is 19.9 Å². The third-order valence-electron chi connectivity index (χ3n) is 3.59. The number of aromatic nitrogens is 4. The molecular weight excluding hydrogens is 306 g/mol. The van der Waals surface area contributed by atoms with Crippen molar-refractivity contribution in [2.75, 3.05) is 18.5 Å². The number of rotatable bonds is 8. The van der Waals surface area contributed by atoms with Gasteiger partial charge >= 0.3 is 0 Å². The van der Waals surface area contributed by atoms with Crippen molar-refractivity contribution in [2.24, 2.45) is 0 Å². The van der Waals surface area contributed by atoms with Gasteiger partial charge in [-0.1, -0.05) is 37.3 Å². The number of nitrogens with zero attached hydrogens (tertiary/aromatic N) is 3. The lowest BCUT2D eigenvalue weighted by Crippen LogP contribution is -2.27. The molecule has 2 aliphatic rings. The zero-order valence-electron chi connectivity index (χ0n) is 13.6. The lowest BCUT2D eigenvalue weighted by molar-refractivity contribution is 0.272. The smallest absolute Gasteiger partial charge is 0.297 e. The molecule has 0 spiro atoms. The van der Waals surface area contributed by atoms with Crippen LogP contribution in [0, 0.1) is 0 Å². The highest BCUT2D eigenvalue weighted by molar-refractivity contribution is 5.67. The molecule has 2 heterocycles. The van der Waals surface area contributed by atoms with E-state index in [1.54, 1.807) is 0 Å². The number of aliphatic hydroxyl groups is 1. The number of benzene rings is 1. The number of H-pyrrole nitrogens is 1. The first-order valence-corrected chi connectivity index (χ1v) is 8.05. The molecule has 3 N–H and O–H groups in total. The molecule has 0 aromatic heterocycles. The maximum atomic E-state index is 9.72. The van der Waals surface area contributed by atoms with Gasteiger partial charge in [-0.3, -0.25) is 4.98 Å². The van der Waals surface area contributed by atoms with Crippen LogP contribution in [0.5, 0.6) is 6.01 Å². The van der Waals surface area contributed by atoms with E-state index < -0.39 is 0 Å². The Hall–Kier alpha value is -2.67. The molecule has 2 aliphatic heterocycles. The maximum Gasteiger partial charge on any atom is 0.297 e. The van der Waals surface area contributed by atoms with Crippen molar-refractivity contribution in [3.05, 3.63) is 42.2 Å². The summed E-state index contributed by atoms with van der Waals surface area (Å²) in [5, 5.41) is 13.0. The van der Waals surface area contributed by atoms with Gasteiger partial charge in [-0.2, -0.15) is 4.98 Å². The molecule has 0 fully saturated rings.